The van der Waals surface area contributed by atoms with Crippen molar-refractivity contribution in [2.45, 2.75) is 52.4 Å². The van der Waals surface area contributed by atoms with Gasteiger partial charge in [-0.25, -0.2) is 22.7 Å². The van der Waals surface area contributed by atoms with Gasteiger partial charge in [0.15, 0.2) is 0 Å². The smallest absolute Gasteiger partial charge is 0.240 e. The van der Waals surface area contributed by atoms with E-state index in [1.807, 2.05) is 13.8 Å². The van der Waals surface area contributed by atoms with Crippen LogP contribution in [0.25, 0.3) is 0 Å². The summed E-state index contributed by atoms with van der Waals surface area (Å²) < 4.78 is 46.9. The van der Waals surface area contributed by atoms with Gasteiger partial charge in [0.25, 0.3) is 0 Å². The van der Waals surface area contributed by atoms with E-state index in [1.165, 1.54) is 0 Å². The molecule has 0 fully saturated rings. The van der Waals surface area contributed by atoms with Gasteiger partial charge in [-0.15, -0.1) is 0 Å². The highest BCUT2D eigenvalue weighted by Crippen LogP contribution is 2.10. The molecule has 0 saturated carbocycles. The van der Waals surface area contributed by atoms with Crippen LogP contribution < -0.4 is 5.84 Å². The number of unbranched alkanes of at least 4 members (excludes halogenated alkanes) is 4. The van der Waals surface area contributed by atoms with Gasteiger partial charge >= 0.3 is 0 Å². The fourth-order valence-electron chi connectivity index (χ4n) is 1.42. The fraction of sp³-hybridized carbons (Fsp3) is 1.00. The standard InChI is InChI=1S/C10H24N2O4S2/c1-3-5-7-9-17(13,14)12(11)18(15,16)10-8-6-4-2/h3-11H2,1-2H3. The Labute approximate surface area is 111 Å². The Kier molecular flexibility index (Phi) is 8.00. The zero-order valence-corrected chi connectivity index (χ0v) is 12.8. The van der Waals surface area contributed by atoms with Crippen molar-refractivity contribution in [3.8, 4) is 0 Å². The van der Waals surface area contributed by atoms with E-state index in [0.717, 1.165) is 25.7 Å². The van der Waals surface area contributed by atoms with Gasteiger partial charge in [-0.2, -0.15) is 0 Å². The Balaban J connectivity index is 4.55. The summed E-state index contributed by atoms with van der Waals surface area (Å²) in [4.78, 5) is 0. The minimum absolute atomic E-state index is 0.0608. The quantitative estimate of drug-likeness (QED) is 0.371. The molecule has 0 amide bonds. The van der Waals surface area contributed by atoms with Crippen LogP contribution >= 0.6 is 0 Å². The number of hydrogen-bond donors (Lipinski definition) is 1. The normalized spacial score (nSPS) is 13.1. The van der Waals surface area contributed by atoms with E-state index in [0.29, 0.717) is 12.8 Å². The second-order valence-corrected chi connectivity index (χ2v) is 8.43. The minimum Gasteiger partial charge on any atom is -0.241 e. The Hall–Kier alpha value is -0.180. The summed E-state index contributed by atoms with van der Waals surface area (Å²) in [5.41, 5.74) is 0. The summed E-state index contributed by atoms with van der Waals surface area (Å²) >= 11 is 0. The number of nitrogens with zero attached hydrogens (tertiary/aromatic N) is 1. The van der Waals surface area contributed by atoms with Crippen molar-refractivity contribution in [2.24, 2.45) is 5.84 Å². The first kappa shape index (κ1) is 17.8. The molecule has 2 N–H and O–H groups in total. The maximum absolute atomic E-state index is 11.7. The van der Waals surface area contributed by atoms with Crippen LogP contribution in [0.4, 0.5) is 0 Å². The Morgan fingerprint density at radius 1 is 0.778 bits per heavy atom. The van der Waals surface area contributed by atoms with Crippen molar-refractivity contribution >= 4 is 20.0 Å². The molecule has 0 saturated heterocycles. The lowest BCUT2D eigenvalue weighted by atomic mass is 10.3. The highest BCUT2D eigenvalue weighted by atomic mass is 32.3. The van der Waals surface area contributed by atoms with Gasteiger partial charge in [0.05, 0.1) is 11.5 Å². The highest BCUT2D eigenvalue weighted by molar-refractivity contribution is 8.03. The van der Waals surface area contributed by atoms with Gasteiger partial charge in [0.1, 0.15) is 0 Å². The largest absolute Gasteiger partial charge is 0.241 e. The predicted molar refractivity (Wildman–Crippen MR) is 72.7 cm³/mol. The van der Waals surface area contributed by atoms with Crippen molar-refractivity contribution in [2.75, 3.05) is 11.5 Å². The molecule has 0 aromatic rings. The summed E-state index contributed by atoms with van der Waals surface area (Å²) in [6.45, 7) is 3.88. The van der Waals surface area contributed by atoms with Gasteiger partial charge in [0.2, 0.25) is 20.0 Å². The van der Waals surface area contributed by atoms with Gasteiger partial charge < -0.3 is 0 Å². The molecular weight excluding hydrogens is 276 g/mol. The van der Waals surface area contributed by atoms with Crippen LogP contribution in [0.3, 0.4) is 0 Å². The van der Waals surface area contributed by atoms with E-state index in [1.54, 1.807) is 0 Å². The van der Waals surface area contributed by atoms with Crippen molar-refractivity contribution in [1.82, 2.24) is 3.82 Å². The van der Waals surface area contributed by atoms with E-state index in [4.69, 9.17) is 5.84 Å². The molecule has 0 aromatic carbocycles. The summed E-state index contributed by atoms with van der Waals surface area (Å²) in [6.07, 6.45) is 4.06. The third-order valence-electron chi connectivity index (χ3n) is 2.56. The van der Waals surface area contributed by atoms with Crippen molar-refractivity contribution in [3.63, 3.8) is 0 Å². The van der Waals surface area contributed by atoms with Crippen LogP contribution in [0.1, 0.15) is 52.4 Å². The number of nitrogens with two attached hydrogens (primary N) is 1. The lowest BCUT2D eigenvalue weighted by molar-refractivity contribution is 0.502. The predicted octanol–water partition coefficient (Wildman–Crippen LogP) is 1.20. The zero-order chi connectivity index (χ0) is 14.2. The molecule has 0 aliphatic rings. The van der Waals surface area contributed by atoms with Crippen molar-refractivity contribution in [1.29, 1.82) is 0 Å². The monoisotopic (exact) mass is 300 g/mol. The SMILES string of the molecule is CCCCCS(=O)(=O)N(N)S(=O)(=O)CCCCC. The van der Waals surface area contributed by atoms with Crippen molar-refractivity contribution in [3.05, 3.63) is 0 Å². The van der Waals surface area contributed by atoms with Crippen molar-refractivity contribution < 1.29 is 16.8 Å². The summed E-state index contributed by atoms with van der Waals surface area (Å²) in [5.74, 6) is 4.82. The number of hydrogen-bond acceptors (Lipinski definition) is 5. The molecule has 0 aromatic heterocycles. The van der Waals surface area contributed by atoms with E-state index < -0.39 is 20.0 Å². The third-order valence-corrected chi connectivity index (χ3v) is 6.63. The lowest BCUT2D eigenvalue weighted by Crippen LogP contribution is -2.44. The first-order valence-corrected chi connectivity index (χ1v) is 9.50. The molecule has 0 atom stereocenters. The minimum atomic E-state index is -3.90. The van der Waals surface area contributed by atoms with Crippen LogP contribution in [-0.2, 0) is 20.0 Å². The summed E-state index contributed by atoms with van der Waals surface area (Å²) in [6, 6.07) is 0. The lowest BCUT2D eigenvalue weighted by Gasteiger charge is -2.16. The molecular formula is C10H24N2O4S2. The molecule has 18 heavy (non-hydrogen) atoms. The Bertz CT molecular complexity index is 377. The van der Waals surface area contributed by atoms with E-state index in [9.17, 15) is 16.8 Å². The zero-order valence-electron chi connectivity index (χ0n) is 11.1. The second kappa shape index (κ2) is 8.08. The van der Waals surface area contributed by atoms with Gasteiger partial charge in [-0.3, -0.25) is 0 Å². The van der Waals surface area contributed by atoms with E-state index in [2.05, 4.69) is 0 Å². The summed E-state index contributed by atoms with van der Waals surface area (Å²) in [5, 5.41) is 0. The molecule has 0 unspecified atom stereocenters. The average Bonchev–Trinajstić information content (AvgIpc) is 2.28. The van der Waals surface area contributed by atoms with Crippen LogP contribution in [0.15, 0.2) is 0 Å². The van der Waals surface area contributed by atoms with Crippen LogP contribution in [0.2, 0.25) is 0 Å². The Morgan fingerprint density at radius 2 is 1.11 bits per heavy atom. The molecule has 8 heteroatoms. The summed E-state index contributed by atoms with van der Waals surface area (Å²) in [7, 11) is -7.81. The van der Waals surface area contributed by atoms with Crippen LogP contribution in [0, 0.1) is 0 Å². The van der Waals surface area contributed by atoms with Crippen LogP contribution in [0.5, 0.6) is 0 Å². The number of hydrazine groups is 1. The van der Waals surface area contributed by atoms with Gasteiger partial charge in [-0.1, -0.05) is 39.5 Å². The highest BCUT2D eigenvalue weighted by Gasteiger charge is 2.29. The second-order valence-electron chi connectivity index (χ2n) is 4.27. The maximum atomic E-state index is 11.7. The van der Waals surface area contributed by atoms with Gasteiger partial charge in [-0.05, 0) is 16.7 Å². The fourth-order valence-corrected chi connectivity index (χ4v) is 4.75. The third kappa shape index (κ3) is 6.12. The molecule has 0 radical (unpaired) electrons. The Morgan fingerprint density at radius 3 is 1.39 bits per heavy atom. The molecule has 0 heterocycles. The van der Waals surface area contributed by atoms with E-state index in [-0.39, 0.29) is 15.3 Å². The molecule has 0 bridgehead atoms. The maximum Gasteiger partial charge on any atom is 0.240 e. The van der Waals surface area contributed by atoms with Crippen LogP contribution in [-0.4, -0.2) is 32.2 Å². The first-order chi connectivity index (χ1) is 8.28. The van der Waals surface area contributed by atoms with E-state index >= 15 is 0 Å². The molecule has 0 rings (SSSR count). The molecule has 6 nitrogen and oxygen atoms in total. The molecule has 0 aliphatic carbocycles. The average molecular weight is 300 g/mol. The topological polar surface area (TPSA) is 97.5 Å². The first-order valence-electron chi connectivity index (χ1n) is 6.28. The molecule has 110 valence electrons. The number of sulfonamides is 2. The number of rotatable bonds is 10. The molecule has 0 aliphatic heterocycles. The molecule has 0 spiro atoms. The van der Waals surface area contributed by atoms with Gasteiger partial charge in [0, 0.05) is 0 Å².